The van der Waals surface area contributed by atoms with Gasteiger partial charge in [-0.2, -0.15) is 0 Å². The number of hydrogen-bond donors (Lipinski definition) is 2. The van der Waals surface area contributed by atoms with Crippen molar-refractivity contribution in [1.29, 1.82) is 0 Å². The van der Waals surface area contributed by atoms with E-state index in [1.165, 1.54) is 4.88 Å². The van der Waals surface area contributed by atoms with Crippen LogP contribution in [0.15, 0.2) is 30.5 Å². The topological polar surface area (TPSA) is 80.7 Å². The number of rotatable bonds is 5. The largest absolute Gasteiger partial charge is 0.493 e. The van der Waals surface area contributed by atoms with Crippen molar-refractivity contribution < 1.29 is 19.4 Å². The summed E-state index contributed by atoms with van der Waals surface area (Å²) in [5.74, 6) is 0.766. The molecule has 0 aliphatic carbocycles. The van der Waals surface area contributed by atoms with Gasteiger partial charge in [-0.1, -0.05) is 0 Å². The van der Waals surface area contributed by atoms with E-state index < -0.39 is 6.09 Å². The monoisotopic (exact) mass is 348 g/mol. The van der Waals surface area contributed by atoms with Crippen LogP contribution in [0.1, 0.15) is 11.3 Å². The van der Waals surface area contributed by atoms with E-state index in [-0.39, 0.29) is 12.0 Å². The first-order valence-corrected chi connectivity index (χ1v) is 8.66. The van der Waals surface area contributed by atoms with Crippen molar-refractivity contribution in [3.63, 3.8) is 0 Å². The maximum Gasteiger partial charge on any atom is 0.404 e. The van der Waals surface area contributed by atoms with Crippen molar-refractivity contribution in [3.8, 4) is 16.3 Å². The second kappa shape index (κ2) is 7.63. The van der Waals surface area contributed by atoms with Crippen molar-refractivity contribution in [2.75, 3.05) is 19.8 Å². The highest BCUT2D eigenvalue weighted by Gasteiger charge is 2.27. The first kappa shape index (κ1) is 16.7. The molecule has 3 rings (SSSR count). The van der Waals surface area contributed by atoms with Gasteiger partial charge in [-0.25, -0.2) is 9.78 Å². The molecule has 1 aliphatic rings. The SMILES string of the molecule is Cc1cnc(-c2ccc(OCC3COCCC3NC(=O)O)cc2)s1. The Morgan fingerprint density at radius 2 is 2.25 bits per heavy atom. The number of nitrogens with zero attached hydrogens (tertiary/aromatic N) is 1. The van der Waals surface area contributed by atoms with Crippen molar-refractivity contribution in [2.45, 2.75) is 19.4 Å². The third kappa shape index (κ3) is 4.24. The molecule has 7 heteroatoms. The summed E-state index contributed by atoms with van der Waals surface area (Å²) in [6, 6.07) is 7.66. The van der Waals surface area contributed by atoms with E-state index in [9.17, 15) is 4.79 Å². The van der Waals surface area contributed by atoms with Gasteiger partial charge >= 0.3 is 6.09 Å². The number of amides is 1. The Bertz CT molecular complexity index is 686. The van der Waals surface area contributed by atoms with Gasteiger partial charge < -0.3 is 19.9 Å². The van der Waals surface area contributed by atoms with Crippen molar-refractivity contribution in [2.24, 2.45) is 5.92 Å². The molecule has 1 fully saturated rings. The minimum absolute atomic E-state index is 0.0103. The third-order valence-corrected chi connectivity index (χ3v) is 4.93. The van der Waals surface area contributed by atoms with Crippen LogP contribution in [-0.2, 0) is 4.74 Å². The molecule has 6 nitrogen and oxygen atoms in total. The van der Waals surface area contributed by atoms with Crippen LogP contribution in [0.3, 0.4) is 0 Å². The number of hydrogen-bond acceptors (Lipinski definition) is 5. The molecule has 2 heterocycles. The van der Waals surface area contributed by atoms with Gasteiger partial charge in [0.25, 0.3) is 0 Å². The molecule has 1 saturated heterocycles. The zero-order valence-corrected chi connectivity index (χ0v) is 14.2. The van der Waals surface area contributed by atoms with Gasteiger partial charge in [0.1, 0.15) is 10.8 Å². The Morgan fingerprint density at radius 3 is 2.92 bits per heavy atom. The number of nitrogens with one attached hydrogen (secondary N) is 1. The van der Waals surface area contributed by atoms with Gasteiger partial charge in [0.2, 0.25) is 0 Å². The second-order valence-corrected chi connectivity index (χ2v) is 7.03. The Balaban J connectivity index is 1.58. The van der Waals surface area contributed by atoms with E-state index in [1.54, 1.807) is 11.3 Å². The molecule has 0 spiro atoms. The van der Waals surface area contributed by atoms with Gasteiger partial charge in [0, 0.05) is 35.2 Å². The molecule has 24 heavy (non-hydrogen) atoms. The van der Waals surface area contributed by atoms with Crippen LogP contribution in [-0.4, -0.2) is 42.0 Å². The lowest BCUT2D eigenvalue weighted by Gasteiger charge is -2.31. The summed E-state index contributed by atoms with van der Waals surface area (Å²) < 4.78 is 11.3. The first-order valence-electron chi connectivity index (χ1n) is 7.84. The van der Waals surface area contributed by atoms with Gasteiger partial charge in [0.05, 0.1) is 13.2 Å². The predicted octanol–water partition coefficient (Wildman–Crippen LogP) is 3.17. The van der Waals surface area contributed by atoms with Crippen LogP contribution >= 0.6 is 11.3 Å². The summed E-state index contributed by atoms with van der Waals surface area (Å²) in [5.41, 5.74) is 1.06. The predicted molar refractivity (Wildman–Crippen MR) is 91.7 cm³/mol. The second-order valence-electron chi connectivity index (χ2n) is 5.79. The van der Waals surface area contributed by atoms with E-state index >= 15 is 0 Å². The van der Waals surface area contributed by atoms with Gasteiger partial charge in [-0.3, -0.25) is 0 Å². The molecule has 1 amide bonds. The average molecular weight is 348 g/mol. The molecular weight excluding hydrogens is 328 g/mol. The zero-order valence-electron chi connectivity index (χ0n) is 13.4. The fourth-order valence-corrected chi connectivity index (χ4v) is 3.46. The lowest BCUT2D eigenvalue weighted by atomic mass is 9.97. The fourth-order valence-electron chi connectivity index (χ4n) is 2.69. The molecule has 2 N–H and O–H groups in total. The summed E-state index contributed by atoms with van der Waals surface area (Å²) in [6.45, 7) is 3.53. The van der Waals surface area contributed by atoms with E-state index in [1.807, 2.05) is 37.4 Å². The van der Waals surface area contributed by atoms with Crippen molar-refractivity contribution in [3.05, 3.63) is 35.3 Å². The summed E-state index contributed by atoms with van der Waals surface area (Å²) in [4.78, 5) is 16.4. The molecule has 2 aromatic rings. The van der Waals surface area contributed by atoms with Crippen LogP contribution in [0.2, 0.25) is 0 Å². The van der Waals surface area contributed by atoms with Crippen LogP contribution in [0, 0.1) is 12.8 Å². The molecule has 1 aliphatic heterocycles. The summed E-state index contributed by atoms with van der Waals surface area (Å²) in [6.07, 6.45) is 1.53. The maximum atomic E-state index is 10.9. The van der Waals surface area contributed by atoms with E-state index in [4.69, 9.17) is 14.6 Å². The summed E-state index contributed by atoms with van der Waals surface area (Å²) in [7, 11) is 0. The molecular formula is C17H20N2O4S. The minimum Gasteiger partial charge on any atom is -0.493 e. The Labute approximate surface area is 144 Å². The molecule has 128 valence electrons. The quantitative estimate of drug-likeness (QED) is 0.867. The molecule has 2 unspecified atom stereocenters. The number of thiazole rings is 1. The number of benzene rings is 1. The van der Waals surface area contributed by atoms with Crippen LogP contribution in [0.25, 0.3) is 10.6 Å². The van der Waals surface area contributed by atoms with Crippen molar-refractivity contribution in [1.82, 2.24) is 10.3 Å². The molecule has 0 radical (unpaired) electrons. The summed E-state index contributed by atoms with van der Waals surface area (Å²) in [5, 5.41) is 12.5. The highest BCUT2D eigenvalue weighted by molar-refractivity contribution is 7.14. The van der Waals surface area contributed by atoms with E-state index in [2.05, 4.69) is 10.3 Å². The van der Waals surface area contributed by atoms with E-state index in [0.29, 0.717) is 26.2 Å². The fraction of sp³-hybridized carbons (Fsp3) is 0.412. The number of ether oxygens (including phenoxy) is 2. The number of carboxylic acid groups (broad SMARTS) is 1. The van der Waals surface area contributed by atoms with E-state index in [0.717, 1.165) is 16.3 Å². The first-order chi connectivity index (χ1) is 11.6. The number of carbonyl (C=O) groups is 1. The standard InChI is InChI=1S/C17H20N2O4S/c1-11-8-18-16(24-11)12-2-4-14(5-3-12)23-10-13-9-22-7-6-15(13)19-17(20)21/h2-5,8,13,15,19H,6-7,9-10H2,1H3,(H,20,21). The normalized spacial score (nSPS) is 20.5. The molecule has 0 bridgehead atoms. The minimum atomic E-state index is -1.00. The highest BCUT2D eigenvalue weighted by atomic mass is 32.1. The smallest absolute Gasteiger partial charge is 0.404 e. The van der Waals surface area contributed by atoms with Gasteiger partial charge in [0.15, 0.2) is 0 Å². The van der Waals surface area contributed by atoms with Crippen molar-refractivity contribution >= 4 is 17.4 Å². The number of aromatic nitrogens is 1. The van der Waals surface area contributed by atoms with Crippen LogP contribution in [0.5, 0.6) is 5.75 Å². The lowest BCUT2D eigenvalue weighted by molar-refractivity contribution is 0.0140. The van der Waals surface area contributed by atoms with Gasteiger partial charge in [-0.15, -0.1) is 11.3 Å². The van der Waals surface area contributed by atoms with Crippen LogP contribution < -0.4 is 10.1 Å². The molecule has 1 aromatic heterocycles. The Hall–Kier alpha value is -2.12. The Kier molecular flexibility index (Phi) is 5.32. The zero-order chi connectivity index (χ0) is 16.9. The maximum absolute atomic E-state index is 10.9. The van der Waals surface area contributed by atoms with Gasteiger partial charge in [-0.05, 0) is 37.6 Å². The summed E-state index contributed by atoms with van der Waals surface area (Å²) >= 11 is 1.66. The lowest BCUT2D eigenvalue weighted by Crippen LogP contribution is -2.47. The average Bonchev–Trinajstić information content (AvgIpc) is 3.00. The van der Waals surface area contributed by atoms with Crippen LogP contribution in [0.4, 0.5) is 4.79 Å². The molecule has 1 aromatic carbocycles. The molecule has 2 atom stereocenters. The molecule has 0 saturated carbocycles. The number of aryl methyl sites for hydroxylation is 1. The third-order valence-electron chi connectivity index (χ3n) is 3.97. The highest BCUT2D eigenvalue weighted by Crippen LogP contribution is 2.26. The Morgan fingerprint density at radius 1 is 1.46 bits per heavy atom.